The summed E-state index contributed by atoms with van der Waals surface area (Å²) >= 11 is 0. The monoisotopic (exact) mass is 236 g/mol. The van der Waals surface area contributed by atoms with Crippen molar-refractivity contribution >= 4 is 17.8 Å². The highest BCUT2D eigenvalue weighted by atomic mass is 16.2. The summed E-state index contributed by atoms with van der Waals surface area (Å²) < 4.78 is 1.67. The molecule has 1 aromatic heterocycles. The van der Waals surface area contributed by atoms with E-state index < -0.39 is 17.8 Å². The summed E-state index contributed by atoms with van der Waals surface area (Å²) in [6, 6.07) is -0.678. The molecule has 4 amide bonds. The van der Waals surface area contributed by atoms with Crippen LogP contribution < -0.4 is 5.32 Å². The highest BCUT2D eigenvalue weighted by Crippen LogP contribution is 2.16. The third-order valence-electron chi connectivity index (χ3n) is 2.88. The van der Waals surface area contributed by atoms with Crippen LogP contribution in [0.5, 0.6) is 0 Å². The summed E-state index contributed by atoms with van der Waals surface area (Å²) in [7, 11) is 1.78. The minimum Gasteiger partial charge on any atom is -0.272 e. The van der Waals surface area contributed by atoms with Crippen molar-refractivity contribution in [1.82, 2.24) is 20.0 Å². The number of hydrogen-bond acceptors (Lipinski definition) is 4. The number of hydrogen-bond donors (Lipinski definition) is 1. The Balaban J connectivity index is 2.30. The fraction of sp³-hybridized carbons (Fsp3) is 0.400. The normalized spacial score (nSPS) is 15.7. The highest BCUT2D eigenvalue weighted by Gasteiger charge is 2.37. The first-order chi connectivity index (χ1) is 7.91. The largest absolute Gasteiger partial charge is 0.331 e. The second-order valence-electron chi connectivity index (χ2n) is 3.92. The quantitative estimate of drug-likeness (QED) is 0.560. The predicted octanol–water partition coefficient (Wildman–Crippen LogP) is -0.385. The topological polar surface area (TPSA) is 84.3 Å². The van der Waals surface area contributed by atoms with Crippen LogP contribution in [0.2, 0.25) is 0 Å². The van der Waals surface area contributed by atoms with Crippen molar-refractivity contribution in [2.75, 3.05) is 0 Å². The lowest BCUT2D eigenvalue weighted by molar-refractivity contribution is -0.140. The second kappa shape index (κ2) is 3.69. The number of aromatic nitrogens is 2. The summed E-state index contributed by atoms with van der Waals surface area (Å²) in [5, 5.41) is 6.14. The van der Waals surface area contributed by atoms with Crippen molar-refractivity contribution in [2.45, 2.75) is 20.4 Å². The van der Waals surface area contributed by atoms with Gasteiger partial charge in [-0.3, -0.25) is 24.5 Å². The Hall–Kier alpha value is -2.18. The number of carbonyl (C=O) groups excluding carboxylic acids is 3. The van der Waals surface area contributed by atoms with Crippen LogP contribution in [0.1, 0.15) is 17.0 Å². The van der Waals surface area contributed by atoms with Crippen molar-refractivity contribution in [3.8, 4) is 0 Å². The summed E-state index contributed by atoms with van der Waals surface area (Å²) in [6.45, 7) is 3.71. The smallest absolute Gasteiger partial charge is 0.272 e. The van der Waals surface area contributed by atoms with Crippen LogP contribution in [0, 0.1) is 13.8 Å². The number of carbonyl (C=O) groups is 3. The molecule has 0 radical (unpaired) electrons. The van der Waals surface area contributed by atoms with E-state index in [4.69, 9.17) is 0 Å². The molecule has 1 aromatic rings. The van der Waals surface area contributed by atoms with E-state index in [-0.39, 0.29) is 6.54 Å². The summed E-state index contributed by atoms with van der Waals surface area (Å²) in [5.74, 6) is -1.70. The van der Waals surface area contributed by atoms with E-state index in [1.165, 1.54) is 0 Å². The van der Waals surface area contributed by atoms with Crippen molar-refractivity contribution in [3.63, 3.8) is 0 Å². The number of aryl methyl sites for hydroxylation is 2. The lowest BCUT2D eigenvalue weighted by Gasteiger charge is -2.11. The molecule has 0 atom stereocenters. The summed E-state index contributed by atoms with van der Waals surface area (Å²) in [5.41, 5.74) is 2.39. The Morgan fingerprint density at radius 1 is 1.24 bits per heavy atom. The van der Waals surface area contributed by atoms with Gasteiger partial charge in [-0.15, -0.1) is 0 Å². The van der Waals surface area contributed by atoms with Crippen LogP contribution in [0.3, 0.4) is 0 Å². The zero-order valence-corrected chi connectivity index (χ0v) is 9.77. The number of nitrogens with one attached hydrogen (secondary N) is 1. The van der Waals surface area contributed by atoms with Crippen LogP contribution in [-0.2, 0) is 23.2 Å². The van der Waals surface area contributed by atoms with E-state index in [0.717, 1.165) is 21.9 Å². The predicted molar refractivity (Wildman–Crippen MR) is 56.8 cm³/mol. The molecule has 0 spiro atoms. The summed E-state index contributed by atoms with van der Waals surface area (Å²) in [6.07, 6.45) is 0. The average Bonchev–Trinajstić information content (AvgIpc) is 2.62. The molecule has 0 aromatic carbocycles. The van der Waals surface area contributed by atoms with Gasteiger partial charge in [-0.25, -0.2) is 4.79 Å². The number of imide groups is 2. The molecule has 2 heterocycles. The van der Waals surface area contributed by atoms with Crippen molar-refractivity contribution < 1.29 is 14.4 Å². The van der Waals surface area contributed by atoms with Gasteiger partial charge in [0, 0.05) is 18.3 Å². The van der Waals surface area contributed by atoms with Crippen LogP contribution in [0.4, 0.5) is 4.79 Å². The van der Waals surface area contributed by atoms with Crippen molar-refractivity contribution in [1.29, 1.82) is 0 Å². The second-order valence-corrected chi connectivity index (χ2v) is 3.92. The van der Waals surface area contributed by atoms with Gasteiger partial charge in [-0.2, -0.15) is 5.10 Å². The number of rotatable bonds is 2. The standard InChI is InChI=1S/C10H12N4O3/c1-5-7(6(2)13(3)12-5)4-14-9(16)8(15)11-10(14)17/h4H2,1-3H3,(H,11,15,17). The fourth-order valence-electron chi connectivity index (χ4n) is 1.78. The Kier molecular flexibility index (Phi) is 2.45. The van der Waals surface area contributed by atoms with Gasteiger partial charge in [0.2, 0.25) is 0 Å². The lowest BCUT2D eigenvalue weighted by atomic mass is 10.2. The van der Waals surface area contributed by atoms with E-state index in [0.29, 0.717) is 0 Å². The van der Waals surface area contributed by atoms with E-state index in [2.05, 4.69) is 5.10 Å². The maximum atomic E-state index is 11.4. The van der Waals surface area contributed by atoms with Gasteiger partial charge in [-0.1, -0.05) is 0 Å². The third-order valence-corrected chi connectivity index (χ3v) is 2.88. The first kappa shape index (κ1) is 11.3. The Morgan fingerprint density at radius 2 is 1.88 bits per heavy atom. The van der Waals surface area contributed by atoms with E-state index in [1.54, 1.807) is 18.7 Å². The van der Waals surface area contributed by atoms with Crippen LogP contribution >= 0.6 is 0 Å². The molecule has 17 heavy (non-hydrogen) atoms. The molecule has 0 unspecified atom stereocenters. The molecule has 1 fully saturated rings. The molecular formula is C10H12N4O3. The molecule has 1 aliphatic rings. The maximum absolute atomic E-state index is 11.4. The minimum absolute atomic E-state index is 0.0713. The van der Waals surface area contributed by atoms with E-state index in [1.807, 2.05) is 12.2 Å². The Morgan fingerprint density at radius 3 is 2.29 bits per heavy atom. The third kappa shape index (κ3) is 1.69. The molecule has 1 N–H and O–H groups in total. The van der Waals surface area contributed by atoms with Gasteiger partial charge in [0.05, 0.1) is 12.2 Å². The molecule has 1 aliphatic heterocycles. The SMILES string of the molecule is Cc1nn(C)c(C)c1CN1C(=O)NC(=O)C1=O. The molecule has 7 nitrogen and oxygen atoms in total. The van der Waals surface area contributed by atoms with Crippen LogP contribution in [0.15, 0.2) is 0 Å². The Labute approximate surface area is 97.4 Å². The van der Waals surface area contributed by atoms with Gasteiger partial charge >= 0.3 is 17.8 Å². The van der Waals surface area contributed by atoms with Crippen molar-refractivity contribution in [3.05, 3.63) is 17.0 Å². The van der Waals surface area contributed by atoms with Crippen LogP contribution in [0.25, 0.3) is 0 Å². The Bertz CT molecular complexity index is 532. The van der Waals surface area contributed by atoms with Gasteiger partial charge < -0.3 is 0 Å². The van der Waals surface area contributed by atoms with Gasteiger partial charge in [-0.05, 0) is 13.8 Å². The van der Waals surface area contributed by atoms with Gasteiger partial charge in [0.1, 0.15) is 0 Å². The fourth-order valence-corrected chi connectivity index (χ4v) is 1.78. The number of nitrogens with zero attached hydrogens (tertiary/aromatic N) is 3. The van der Waals surface area contributed by atoms with E-state index >= 15 is 0 Å². The maximum Gasteiger partial charge on any atom is 0.331 e. The molecular weight excluding hydrogens is 224 g/mol. The molecule has 0 bridgehead atoms. The molecule has 0 aliphatic carbocycles. The van der Waals surface area contributed by atoms with Crippen molar-refractivity contribution in [2.24, 2.45) is 7.05 Å². The zero-order chi connectivity index (χ0) is 12.7. The van der Waals surface area contributed by atoms with Gasteiger partial charge in [0.25, 0.3) is 0 Å². The molecule has 2 rings (SSSR count). The first-order valence-corrected chi connectivity index (χ1v) is 5.07. The minimum atomic E-state index is -0.880. The molecule has 7 heteroatoms. The highest BCUT2D eigenvalue weighted by molar-refractivity contribution is 6.44. The molecule has 90 valence electrons. The number of amides is 4. The van der Waals surface area contributed by atoms with Crippen LogP contribution in [-0.4, -0.2) is 32.5 Å². The average molecular weight is 236 g/mol. The zero-order valence-electron chi connectivity index (χ0n) is 9.77. The van der Waals surface area contributed by atoms with Gasteiger partial charge in [0.15, 0.2) is 0 Å². The lowest BCUT2D eigenvalue weighted by Crippen LogP contribution is -2.30. The molecule has 0 saturated carbocycles. The first-order valence-electron chi connectivity index (χ1n) is 5.07. The summed E-state index contributed by atoms with van der Waals surface area (Å²) in [4.78, 5) is 34.7. The van der Waals surface area contributed by atoms with E-state index in [9.17, 15) is 14.4 Å². The number of urea groups is 1. The molecule has 1 saturated heterocycles.